The Morgan fingerprint density at radius 3 is 2.52 bits per heavy atom. The van der Waals surface area contributed by atoms with Crippen LogP contribution in [0.25, 0.3) is 11.0 Å². The van der Waals surface area contributed by atoms with Gasteiger partial charge in [-0.2, -0.15) is 0 Å². The van der Waals surface area contributed by atoms with Crippen LogP contribution in [0.4, 0.5) is 19.0 Å². The van der Waals surface area contributed by atoms with Crippen molar-refractivity contribution >= 4 is 16.9 Å². The highest BCUT2D eigenvalue weighted by molar-refractivity contribution is 5.80. The predicted molar refractivity (Wildman–Crippen MR) is 96.8 cm³/mol. The minimum Gasteiger partial charge on any atom is -0.366 e. The summed E-state index contributed by atoms with van der Waals surface area (Å²) in [5.74, 6) is -1.08. The molecule has 0 atom stereocenters. The van der Waals surface area contributed by atoms with E-state index >= 15 is 0 Å². The number of hydrogen-bond donors (Lipinski definition) is 2. The summed E-state index contributed by atoms with van der Waals surface area (Å²) in [5.41, 5.74) is 2.43. The second-order valence-corrected chi connectivity index (χ2v) is 6.15. The van der Waals surface area contributed by atoms with Crippen molar-refractivity contribution in [1.29, 1.82) is 0 Å². The van der Waals surface area contributed by atoms with Crippen molar-refractivity contribution in [2.24, 2.45) is 0 Å². The maximum atomic E-state index is 13.6. The van der Waals surface area contributed by atoms with E-state index in [1.54, 1.807) is 18.5 Å². The van der Waals surface area contributed by atoms with Crippen LogP contribution in [0.2, 0.25) is 0 Å². The summed E-state index contributed by atoms with van der Waals surface area (Å²) in [5, 5.41) is 3.64. The lowest BCUT2D eigenvalue weighted by molar-refractivity contribution is 0.560. The van der Waals surface area contributed by atoms with Crippen LogP contribution in [0.1, 0.15) is 16.7 Å². The largest absolute Gasteiger partial charge is 0.366 e. The number of aromatic nitrogens is 3. The lowest BCUT2D eigenvalue weighted by Gasteiger charge is -2.08. The van der Waals surface area contributed by atoms with Gasteiger partial charge in [0.2, 0.25) is 0 Å². The number of benzene rings is 1. The minimum absolute atomic E-state index is 0.00174. The Kier molecular flexibility index (Phi) is 4.50. The standard InChI is InChI=1S/C20H15F3N4/c21-14-7-15-13(9-26-20(15)27-10-14)6-12-4-5-19(24-8-12)25-11-16-17(22)2-1-3-18(16)23/h1-5,7-10H,6,11H2,(H,24,25)(H,26,27). The molecule has 0 unspecified atom stereocenters. The number of H-pyrrole nitrogens is 1. The predicted octanol–water partition coefficient (Wildman–Crippen LogP) is 4.58. The monoisotopic (exact) mass is 368 g/mol. The Bertz CT molecular complexity index is 1070. The van der Waals surface area contributed by atoms with Crippen molar-refractivity contribution in [3.05, 3.63) is 89.1 Å². The first-order valence-corrected chi connectivity index (χ1v) is 8.33. The SMILES string of the molecule is Fc1cnc2[nH]cc(Cc3ccc(NCc4c(F)cccc4F)nc3)c2c1. The number of pyridine rings is 2. The van der Waals surface area contributed by atoms with Crippen LogP contribution in [0.3, 0.4) is 0 Å². The number of aromatic amines is 1. The maximum Gasteiger partial charge on any atom is 0.142 e. The molecule has 3 heterocycles. The first-order chi connectivity index (χ1) is 13.1. The van der Waals surface area contributed by atoms with E-state index in [1.165, 1.54) is 30.5 Å². The molecule has 0 amide bonds. The Morgan fingerprint density at radius 1 is 0.963 bits per heavy atom. The fourth-order valence-electron chi connectivity index (χ4n) is 2.91. The summed E-state index contributed by atoms with van der Waals surface area (Å²) < 4.78 is 40.7. The van der Waals surface area contributed by atoms with Gasteiger partial charge in [-0.3, -0.25) is 0 Å². The van der Waals surface area contributed by atoms with Crippen molar-refractivity contribution < 1.29 is 13.2 Å². The summed E-state index contributed by atoms with van der Waals surface area (Å²) in [7, 11) is 0. The average molecular weight is 368 g/mol. The van der Waals surface area contributed by atoms with E-state index in [9.17, 15) is 13.2 Å². The van der Waals surface area contributed by atoms with Crippen LogP contribution in [0, 0.1) is 17.5 Å². The number of nitrogens with zero attached hydrogens (tertiary/aromatic N) is 2. The number of hydrogen-bond acceptors (Lipinski definition) is 3. The van der Waals surface area contributed by atoms with Crippen LogP contribution >= 0.6 is 0 Å². The molecule has 7 heteroatoms. The van der Waals surface area contributed by atoms with Crippen LogP contribution in [0.15, 0.2) is 55.0 Å². The van der Waals surface area contributed by atoms with E-state index in [0.29, 0.717) is 17.9 Å². The second kappa shape index (κ2) is 7.11. The third-order valence-electron chi connectivity index (χ3n) is 4.31. The fraction of sp³-hybridized carbons (Fsp3) is 0.100. The summed E-state index contributed by atoms with van der Waals surface area (Å²) >= 11 is 0. The van der Waals surface area contributed by atoms with Gasteiger partial charge in [0.05, 0.1) is 6.20 Å². The summed E-state index contributed by atoms with van der Waals surface area (Å²) in [4.78, 5) is 11.3. The molecule has 27 heavy (non-hydrogen) atoms. The minimum atomic E-state index is -0.598. The molecule has 136 valence electrons. The summed E-state index contributed by atoms with van der Waals surface area (Å²) in [6.07, 6.45) is 5.19. The quantitative estimate of drug-likeness (QED) is 0.542. The third kappa shape index (κ3) is 3.62. The van der Waals surface area contributed by atoms with Gasteiger partial charge >= 0.3 is 0 Å². The lowest BCUT2D eigenvalue weighted by Crippen LogP contribution is -2.05. The third-order valence-corrected chi connectivity index (χ3v) is 4.31. The van der Waals surface area contributed by atoms with Gasteiger partial charge in [-0.25, -0.2) is 23.1 Å². The molecular formula is C20H15F3N4. The lowest BCUT2D eigenvalue weighted by atomic mass is 10.1. The first-order valence-electron chi connectivity index (χ1n) is 8.33. The molecule has 3 aromatic heterocycles. The van der Waals surface area contributed by atoms with E-state index in [4.69, 9.17) is 0 Å². The summed E-state index contributed by atoms with van der Waals surface area (Å²) in [6.45, 7) is -0.00174. The van der Waals surface area contributed by atoms with Gasteiger partial charge in [-0.05, 0) is 35.4 Å². The van der Waals surface area contributed by atoms with Crippen molar-refractivity contribution in [3.63, 3.8) is 0 Å². The second-order valence-electron chi connectivity index (χ2n) is 6.15. The van der Waals surface area contributed by atoms with E-state index in [1.807, 2.05) is 6.07 Å². The summed E-state index contributed by atoms with van der Waals surface area (Å²) in [6, 6.07) is 8.80. The first kappa shape index (κ1) is 17.1. The molecule has 4 rings (SSSR count). The molecule has 1 aromatic carbocycles. The molecule has 0 saturated heterocycles. The van der Waals surface area contributed by atoms with Crippen LogP contribution in [-0.2, 0) is 13.0 Å². The van der Waals surface area contributed by atoms with E-state index < -0.39 is 11.6 Å². The molecule has 0 saturated carbocycles. The number of anilines is 1. The normalized spacial score (nSPS) is 11.1. The van der Waals surface area contributed by atoms with E-state index in [0.717, 1.165) is 16.5 Å². The molecule has 0 aliphatic carbocycles. The smallest absolute Gasteiger partial charge is 0.142 e. The van der Waals surface area contributed by atoms with Gasteiger partial charge in [0.15, 0.2) is 0 Å². The van der Waals surface area contributed by atoms with Crippen molar-refractivity contribution in [1.82, 2.24) is 15.0 Å². The molecule has 0 radical (unpaired) electrons. The Balaban J connectivity index is 1.46. The van der Waals surface area contributed by atoms with Gasteiger partial charge in [-0.15, -0.1) is 0 Å². The van der Waals surface area contributed by atoms with Gasteiger partial charge in [0, 0.05) is 36.3 Å². The molecule has 0 aliphatic heterocycles. The topological polar surface area (TPSA) is 53.6 Å². The molecule has 4 aromatic rings. The molecular weight excluding hydrogens is 353 g/mol. The van der Waals surface area contributed by atoms with Crippen LogP contribution in [-0.4, -0.2) is 15.0 Å². The van der Waals surface area contributed by atoms with Gasteiger partial charge in [0.1, 0.15) is 28.9 Å². The number of fused-ring (bicyclic) bond motifs is 1. The number of rotatable bonds is 5. The zero-order valence-electron chi connectivity index (χ0n) is 14.1. The van der Waals surface area contributed by atoms with Crippen molar-refractivity contribution in [3.8, 4) is 0 Å². The van der Waals surface area contributed by atoms with Gasteiger partial charge < -0.3 is 10.3 Å². The van der Waals surface area contributed by atoms with Gasteiger partial charge in [-0.1, -0.05) is 12.1 Å². The number of nitrogens with one attached hydrogen (secondary N) is 2. The van der Waals surface area contributed by atoms with Crippen LogP contribution < -0.4 is 5.32 Å². The number of halogens is 3. The highest BCUT2D eigenvalue weighted by Gasteiger charge is 2.09. The molecule has 2 N–H and O–H groups in total. The van der Waals surface area contributed by atoms with E-state index in [-0.39, 0.29) is 17.9 Å². The molecule has 0 aliphatic rings. The van der Waals surface area contributed by atoms with Crippen LogP contribution in [0.5, 0.6) is 0 Å². The zero-order valence-corrected chi connectivity index (χ0v) is 14.1. The zero-order chi connectivity index (χ0) is 18.8. The maximum absolute atomic E-state index is 13.6. The van der Waals surface area contributed by atoms with Crippen molar-refractivity contribution in [2.45, 2.75) is 13.0 Å². The van der Waals surface area contributed by atoms with Gasteiger partial charge in [0.25, 0.3) is 0 Å². The highest BCUT2D eigenvalue weighted by Crippen LogP contribution is 2.21. The average Bonchev–Trinajstić information content (AvgIpc) is 3.04. The Labute approximate surface area is 153 Å². The highest BCUT2D eigenvalue weighted by atomic mass is 19.1. The Morgan fingerprint density at radius 2 is 1.78 bits per heavy atom. The molecule has 0 bridgehead atoms. The van der Waals surface area contributed by atoms with E-state index in [2.05, 4.69) is 20.3 Å². The molecule has 0 fully saturated rings. The Hall–Kier alpha value is -3.35. The fourth-order valence-corrected chi connectivity index (χ4v) is 2.91. The van der Waals surface area contributed by atoms with Crippen molar-refractivity contribution in [2.75, 3.05) is 5.32 Å². The molecule has 4 nitrogen and oxygen atoms in total. The molecule has 0 spiro atoms.